The number of amides is 1. The lowest BCUT2D eigenvalue weighted by atomic mass is 9.66. The number of nitrogens with zero attached hydrogens (tertiary/aromatic N) is 1. The Hall–Kier alpha value is -0.820. The van der Waals surface area contributed by atoms with Gasteiger partial charge in [0.25, 0.3) is 0 Å². The van der Waals surface area contributed by atoms with Crippen LogP contribution in [0.2, 0.25) is 0 Å². The number of rotatable bonds is 2. The molecule has 1 heterocycles. The molecule has 6 nitrogen and oxygen atoms in total. The lowest BCUT2D eigenvalue weighted by molar-refractivity contribution is 0.0234. The van der Waals surface area contributed by atoms with E-state index in [0.29, 0.717) is 19.0 Å². The van der Waals surface area contributed by atoms with E-state index in [1.54, 1.807) is 0 Å². The van der Waals surface area contributed by atoms with Crippen LogP contribution < -0.4 is 4.72 Å². The number of nitrogens with one attached hydrogen (secondary N) is 1. The van der Waals surface area contributed by atoms with Gasteiger partial charge in [0.15, 0.2) is 0 Å². The smallest absolute Gasteiger partial charge is 0.407 e. The molecular formula is C9H16N2O4S. The van der Waals surface area contributed by atoms with Gasteiger partial charge in [-0.25, -0.2) is 17.9 Å². The Balaban J connectivity index is 1.96. The average molecular weight is 248 g/mol. The molecule has 0 aromatic carbocycles. The molecule has 0 spiro atoms. The number of hydrogen-bond donors (Lipinski definition) is 2. The van der Waals surface area contributed by atoms with Crippen molar-refractivity contribution in [3.05, 3.63) is 0 Å². The molecule has 1 aliphatic heterocycles. The highest BCUT2D eigenvalue weighted by Crippen LogP contribution is 2.41. The molecule has 0 unspecified atom stereocenters. The summed E-state index contributed by atoms with van der Waals surface area (Å²) in [4.78, 5) is 12.2. The van der Waals surface area contributed by atoms with Gasteiger partial charge in [0.1, 0.15) is 0 Å². The highest BCUT2D eigenvalue weighted by atomic mass is 32.2. The molecule has 7 heteroatoms. The Labute approximate surface area is 94.7 Å². The molecule has 1 saturated heterocycles. The maximum atomic E-state index is 11.1. The molecule has 0 radical (unpaired) electrons. The Kier molecular flexibility index (Phi) is 2.83. The van der Waals surface area contributed by atoms with E-state index in [9.17, 15) is 13.2 Å². The Morgan fingerprint density at radius 3 is 2.75 bits per heavy atom. The SMILES string of the molecule is CS(=O)(=O)N[C@@H]1C[C@H]2CCN(C(=O)O)C[C@H]21. The third-order valence-electron chi connectivity index (χ3n) is 3.52. The number of likely N-dealkylation sites (tertiary alicyclic amines) is 1. The average Bonchev–Trinajstić information content (AvgIpc) is 2.12. The quantitative estimate of drug-likeness (QED) is 0.716. The van der Waals surface area contributed by atoms with Crippen LogP contribution in [0.3, 0.4) is 0 Å². The maximum Gasteiger partial charge on any atom is 0.407 e. The van der Waals surface area contributed by atoms with Gasteiger partial charge in [-0.15, -0.1) is 0 Å². The molecule has 1 aliphatic carbocycles. The zero-order chi connectivity index (χ0) is 11.9. The van der Waals surface area contributed by atoms with E-state index in [1.807, 2.05) is 0 Å². The molecule has 1 saturated carbocycles. The molecule has 3 atom stereocenters. The van der Waals surface area contributed by atoms with Crippen LogP contribution in [-0.2, 0) is 10.0 Å². The lowest BCUT2D eigenvalue weighted by Gasteiger charge is -2.50. The normalized spacial score (nSPS) is 34.1. The standard InChI is InChI=1S/C9H16N2O4S/c1-16(14,15)10-8-4-6-2-3-11(9(12)13)5-7(6)8/h6-8,10H,2-5H2,1H3,(H,12,13)/t6-,7-,8-/m1/s1. The zero-order valence-electron chi connectivity index (χ0n) is 9.09. The summed E-state index contributed by atoms with van der Waals surface area (Å²) in [5.74, 6) is 0.634. The highest BCUT2D eigenvalue weighted by molar-refractivity contribution is 7.88. The second-order valence-electron chi connectivity index (χ2n) is 4.67. The summed E-state index contributed by atoms with van der Waals surface area (Å²) in [5, 5.41) is 8.87. The van der Waals surface area contributed by atoms with Crippen molar-refractivity contribution in [3.8, 4) is 0 Å². The predicted octanol–water partition coefficient (Wildman–Crippen LogP) is -0.0760. The van der Waals surface area contributed by atoms with Gasteiger partial charge in [-0.05, 0) is 24.7 Å². The van der Waals surface area contributed by atoms with Crippen LogP contribution in [0.4, 0.5) is 4.79 Å². The Bertz CT molecular complexity index is 394. The molecule has 1 amide bonds. The van der Waals surface area contributed by atoms with E-state index in [-0.39, 0.29) is 12.0 Å². The summed E-state index contributed by atoms with van der Waals surface area (Å²) in [7, 11) is -3.19. The van der Waals surface area contributed by atoms with Crippen molar-refractivity contribution in [2.45, 2.75) is 18.9 Å². The van der Waals surface area contributed by atoms with E-state index < -0.39 is 16.1 Å². The minimum atomic E-state index is -3.19. The van der Waals surface area contributed by atoms with E-state index in [1.165, 1.54) is 4.90 Å². The summed E-state index contributed by atoms with van der Waals surface area (Å²) in [6, 6.07) is -0.0813. The maximum absolute atomic E-state index is 11.1. The van der Waals surface area contributed by atoms with Crippen molar-refractivity contribution < 1.29 is 18.3 Å². The molecule has 2 N–H and O–H groups in total. The molecule has 16 heavy (non-hydrogen) atoms. The summed E-state index contributed by atoms with van der Waals surface area (Å²) in [6.45, 7) is 1.02. The second kappa shape index (κ2) is 3.89. The first-order valence-corrected chi connectivity index (χ1v) is 7.21. The molecule has 2 fully saturated rings. The minimum absolute atomic E-state index is 0.0813. The lowest BCUT2D eigenvalue weighted by Crippen LogP contribution is -2.59. The van der Waals surface area contributed by atoms with Gasteiger partial charge in [-0.3, -0.25) is 0 Å². The van der Waals surface area contributed by atoms with Crippen LogP contribution in [0.15, 0.2) is 0 Å². The molecular weight excluding hydrogens is 232 g/mol. The minimum Gasteiger partial charge on any atom is -0.465 e. The van der Waals surface area contributed by atoms with Crippen LogP contribution >= 0.6 is 0 Å². The van der Waals surface area contributed by atoms with Crippen molar-refractivity contribution in [3.63, 3.8) is 0 Å². The molecule has 0 bridgehead atoms. The fraction of sp³-hybridized carbons (Fsp3) is 0.889. The van der Waals surface area contributed by atoms with Crippen molar-refractivity contribution in [2.75, 3.05) is 19.3 Å². The van der Waals surface area contributed by atoms with Crippen LogP contribution in [0, 0.1) is 11.8 Å². The van der Waals surface area contributed by atoms with Crippen LogP contribution in [0.5, 0.6) is 0 Å². The fourth-order valence-corrected chi connectivity index (χ4v) is 3.49. The third kappa shape index (κ3) is 2.30. The van der Waals surface area contributed by atoms with Crippen molar-refractivity contribution in [1.29, 1.82) is 0 Å². The number of hydrogen-bond acceptors (Lipinski definition) is 3. The van der Waals surface area contributed by atoms with E-state index >= 15 is 0 Å². The molecule has 92 valence electrons. The van der Waals surface area contributed by atoms with E-state index in [0.717, 1.165) is 19.1 Å². The van der Waals surface area contributed by atoms with Crippen molar-refractivity contribution >= 4 is 16.1 Å². The number of carbonyl (C=O) groups is 1. The third-order valence-corrected chi connectivity index (χ3v) is 4.25. The number of fused-ring (bicyclic) bond motifs is 1. The largest absolute Gasteiger partial charge is 0.465 e. The summed E-state index contributed by atoms with van der Waals surface area (Å²) < 4.78 is 24.7. The summed E-state index contributed by atoms with van der Waals surface area (Å²) in [6.07, 6.45) is 1.91. The second-order valence-corrected chi connectivity index (χ2v) is 6.45. The van der Waals surface area contributed by atoms with Gasteiger partial charge in [0.2, 0.25) is 10.0 Å². The van der Waals surface area contributed by atoms with Crippen LogP contribution in [0.25, 0.3) is 0 Å². The number of sulfonamides is 1. The molecule has 2 aliphatic rings. The fourth-order valence-electron chi connectivity index (χ4n) is 2.67. The summed E-state index contributed by atoms with van der Waals surface area (Å²) >= 11 is 0. The molecule has 0 aromatic rings. The van der Waals surface area contributed by atoms with Crippen LogP contribution in [0.1, 0.15) is 12.8 Å². The van der Waals surface area contributed by atoms with Gasteiger partial charge in [0.05, 0.1) is 6.26 Å². The van der Waals surface area contributed by atoms with Crippen molar-refractivity contribution in [2.24, 2.45) is 11.8 Å². The van der Waals surface area contributed by atoms with E-state index in [2.05, 4.69) is 4.72 Å². The van der Waals surface area contributed by atoms with Crippen molar-refractivity contribution in [1.82, 2.24) is 9.62 Å². The molecule has 2 rings (SSSR count). The van der Waals surface area contributed by atoms with Gasteiger partial charge in [-0.1, -0.05) is 0 Å². The summed E-state index contributed by atoms with van der Waals surface area (Å²) in [5.41, 5.74) is 0. The first kappa shape index (κ1) is 11.7. The zero-order valence-corrected chi connectivity index (χ0v) is 9.90. The highest BCUT2D eigenvalue weighted by Gasteiger charge is 2.46. The monoisotopic (exact) mass is 248 g/mol. The first-order chi connectivity index (χ1) is 7.37. The topological polar surface area (TPSA) is 86.7 Å². The van der Waals surface area contributed by atoms with Gasteiger partial charge in [0, 0.05) is 19.1 Å². The molecule has 0 aromatic heterocycles. The Morgan fingerprint density at radius 1 is 1.50 bits per heavy atom. The van der Waals surface area contributed by atoms with E-state index in [4.69, 9.17) is 5.11 Å². The van der Waals surface area contributed by atoms with Gasteiger partial charge < -0.3 is 10.0 Å². The predicted molar refractivity (Wildman–Crippen MR) is 57.6 cm³/mol. The number of carboxylic acid groups (broad SMARTS) is 1. The number of piperidine rings is 1. The first-order valence-electron chi connectivity index (χ1n) is 5.32. The van der Waals surface area contributed by atoms with Crippen LogP contribution in [-0.4, -0.2) is 49.9 Å². The van der Waals surface area contributed by atoms with Gasteiger partial charge in [-0.2, -0.15) is 0 Å². The van der Waals surface area contributed by atoms with Gasteiger partial charge >= 0.3 is 6.09 Å². The Morgan fingerprint density at radius 2 is 2.19 bits per heavy atom.